The van der Waals surface area contributed by atoms with Crippen LogP contribution in [-0.4, -0.2) is 22.0 Å². The van der Waals surface area contributed by atoms with Gasteiger partial charge >= 0.3 is 0 Å². The summed E-state index contributed by atoms with van der Waals surface area (Å²) >= 11 is 2.44. The van der Waals surface area contributed by atoms with Crippen LogP contribution in [0, 0.1) is 0 Å². The fourth-order valence-corrected chi connectivity index (χ4v) is 1.37. The summed E-state index contributed by atoms with van der Waals surface area (Å²) in [5, 5.41) is 0. The van der Waals surface area contributed by atoms with Crippen LogP contribution in [0.15, 0.2) is 0 Å². The van der Waals surface area contributed by atoms with Gasteiger partial charge < -0.3 is 0 Å². The molecular formula is C4H8IN. The predicted octanol–water partition coefficient (Wildman–Crippen LogP) is 1.08. The second kappa shape index (κ2) is 1.66. The molecule has 1 aliphatic heterocycles. The molecule has 0 aromatic carbocycles. The highest BCUT2D eigenvalue weighted by molar-refractivity contribution is 14.1. The normalized spacial score (nSPS) is 43.0. The standard InChI is InChI=1S/C4H8IN/c1-2-6-3-4(6)5/h4H,2-3H2,1H3/t4-,6?/m0/s1. The van der Waals surface area contributed by atoms with Crippen LogP contribution < -0.4 is 0 Å². The second-order valence-corrected chi connectivity index (χ2v) is 2.96. The van der Waals surface area contributed by atoms with E-state index in [0.717, 1.165) is 4.05 Å². The van der Waals surface area contributed by atoms with Crippen molar-refractivity contribution in [2.75, 3.05) is 13.1 Å². The predicted molar refractivity (Wildman–Crippen MR) is 35.1 cm³/mol. The number of hydrogen-bond acceptors (Lipinski definition) is 1. The Hall–Kier alpha value is 0.690. The van der Waals surface area contributed by atoms with Crippen LogP contribution >= 0.6 is 22.6 Å². The molecule has 0 spiro atoms. The summed E-state index contributed by atoms with van der Waals surface area (Å²) in [5.41, 5.74) is 0. The third kappa shape index (κ3) is 0.846. The average molecular weight is 197 g/mol. The monoisotopic (exact) mass is 197 g/mol. The number of likely N-dealkylation sites (N-methyl/N-ethyl adjacent to an activating group) is 1. The zero-order valence-corrected chi connectivity index (χ0v) is 5.97. The van der Waals surface area contributed by atoms with E-state index in [0.29, 0.717) is 0 Å². The van der Waals surface area contributed by atoms with Gasteiger partial charge in [0.1, 0.15) is 0 Å². The van der Waals surface area contributed by atoms with Crippen molar-refractivity contribution >= 4 is 22.6 Å². The Balaban J connectivity index is 2.09. The summed E-state index contributed by atoms with van der Waals surface area (Å²) in [6.07, 6.45) is 0. The lowest BCUT2D eigenvalue weighted by Gasteiger charge is -1.85. The maximum Gasteiger partial charge on any atom is 0.0748 e. The van der Waals surface area contributed by atoms with Crippen molar-refractivity contribution in [3.63, 3.8) is 0 Å². The summed E-state index contributed by atoms with van der Waals surface area (Å²) in [5.74, 6) is 0. The Labute approximate surface area is 51.8 Å². The van der Waals surface area contributed by atoms with Gasteiger partial charge in [0.25, 0.3) is 0 Å². The molecule has 1 unspecified atom stereocenters. The molecule has 1 nitrogen and oxygen atoms in total. The molecule has 1 rings (SSSR count). The van der Waals surface area contributed by atoms with Gasteiger partial charge in [-0.3, -0.25) is 4.90 Å². The van der Waals surface area contributed by atoms with Crippen molar-refractivity contribution in [2.45, 2.75) is 11.0 Å². The van der Waals surface area contributed by atoms with E-state index in [4.69, 9.17) is 0 Å². The van der Waals surface area contributed by atoms with Crippen LogP contribution in [-0.2, 0) is 0 Å². The molecule has 2 atom stereocenters. The van der Waals surface area contributed by atoms with Gasteiger partial charge in [0, 0.05) is 6.54 Å². The van der Waals surface area contributed by atoms with Crippen LogP contribution in [0.5, 0.6) is 0 Å². The molecule has 1 heterocycles. The first-order valence-corrected chi connectivity index (χ1v) is 3.47. The lowest BCUT2D eigenvalue weighted by atomic mass is 10.8. The maximum absolute atomic E-state index is 2.44. The highest BCUT2D eigenvalue weighted by atomic mass is 127. The van der Waals surface area contributed by atoms with Gasteiger partial charge in [-0.25, -0.2) is 0 Å². The number of alkyl halides is 1. The molecule has 2 heteroatoms. The minimum absolute atomic E-state index is 0.868. The third-order valence-corrected chi connectivity index (χ3v) is 2.24. The SMILES string of the molecule is CCN1C[C@H]1I. The molecule has 0 saturated carbocycles. The van der Waals surface area contributed by atoms with Crippen LogP contribution in [0.1, 0.15) is 6.92 Å². The first-order valence-electron chi connectivity index (χ1n) is 2.22. The van der Waals surface area contributed by atoms with Gasteiger partial charge in [-0.15, -0.1) is 0 Å². The summed E-state index contributed by atoms with van der Waals surface area (Å²) in [7, 11) is 0. The van der Waals surface area contributed by atoms with E-state index < -0.39 is 0 Å². The van der Waals surface area contributed by atoms with Gasteiger partial charge in [-0.1, -0.05) is 29.5 Å². The summed E-state index contributed by atoms with van der Waals surface area (Å²) in [6, 6.07) is 0. The highest BCUT2D eigenvalue weighted by Crippen LogP contribution is 2.21. The molecule has 0 bridgehead atoms. The minimum atomic E-state index is 0.868. The van der Waals surface area contributed by atoms with E-state index in [1.807, 2.05) is 0 Å². The van der Waals surface area contributed by atoms with E-state index in [2.05, 4.69) is 34.4 Å². The summed E-state index contributed by atoms with van der Waals surface area (Å²) in [4.78, 5) is 2.40. The zero-order valence-electron chi connectivity index (χ0n) is 3.82. The molecule has 0 aromatic heterocycles. The molecule has 0 amide bonds. The van der Waals surface area contributed by atoms with Crippen LogP contribution in [0.4, 0.5) is 0 Å². The fraction of sp³-hybridized carbons (Fsp3) is 1.00. The molecule has 1 saturated heterocycles. The van der Waals surface area contributed by atoms with E-state index in [1.165, 1.54) is 13.1 Å². The van der Waals surface area contributed by atoms with Gasteiger partial charge in [0.2, 0.25) is 0 Å². The lowest BCUT2D eigenvalue weighted by molar-refractivity contribution is 0.589. The molecule has 0 N–H and O–H groups in total. The van der Waals surface area contributed by atoms with Crippen molar-refractivity contribution in [1.29, 1.82) is 0 Å². The first-order chi connectivity index (χ1) is 2.84. The van der Waals surface area contributed by atoms with Crippen molar-refractivity contribution in [3.8, 4) is 0 Å². The number of rotatable bonds is 1. The van der Waals surface area contributed by atoms with Gasteiger partial charge in [0.15, 0.2) is 0 Å². The third-order valence-electron chi connectivity index (χ3n) is 1.05. The number of halogens is 1. The minimum Gasteiger partial charge on any atom is -0.288 e. The molecule has 0 radical (unpaired) electrons. The number of nitrogens with zero attached hydrogens (tertiary/aromatic N) is 1. The summed E-state index contributed by atoms with van der Waals surface area (Å²) < 4.78 is 0.868. The largest absolute Gasteiger partial charge is 0.288 e. The topological polar surface area (TPSA) is 3.01 Å². The molecule has 1 aliphatic rings. The Morgan fingerprint density at radius 2 is 2.50 bits per heavy atom. The molecular weight excluding hydrogens is 189 g/mol. The Kier molecular flexibility index (Phi) is 1.34. The first kappa shape index (κ1) is 4.84. The van der Waals surface area contributed by atoms with E-state index >= 15 is 0 Å². The molecule has 6 heavy (non-hydrogen) atoms. The quantitative estimate of drug-likeness (QED) is 0.263. The fourth-order valence-electron chi connectivity index (χ4n) is 0.474. The van der Waals surface area contributed by atoms with Gasteiger partial charge in [0.05, 0.1) is 4.05 Å². The van der Waals surface area contributed by atoms with E-state index in [-0.39, 0.29) is 0 Å². The zero-order chi connectivity index (χ0) is 4.57. The Morgan fingerprint density at radius 1 is 2.00 bits per heavy atom. The second-order valence-electron chi connectivity index (χ2n) is 1.52. The van der Waals surface area contributed by atoms with E-state index in [1.54, 1.807) is 0 Å². The smallest absolute Gasteiger partial charge is 0.0748 e. The maximum atomic E-state index is 2.44. The van der Waals surface area contributed by atoms with Crippen LogP contribution in [0.3, 0.4) is 0 Å². The molecule has 36 valence electrons. The van der Waals surface area contributed by atoms with Crippen molar-refractivity contribution < 1.29 is 0 Å². The Bertz CT molecular complexity index is 53.5. The summed E-state index contributed by atoms with van der Waals surface area (Å²) in [6.45, 7) is 4.74. The lowest BCUT2D eigenvalue weighted by Crippen LogP contribution is -1.93. The van der Waals surface area contributed by atoms with Crippen molar-refractivity contribution in [3.05, 3.63) is 0 Å². The molecule has 0 aliphatic carbocycles. The van der Waals surface area contributed by atoms with Gasteiger partial charge in [-0.2, -0.15) is 0 Å². The van der Waals surface area contributed by atoms with Crippen molar-refractivity contribution in [1.82, 2.24) is 4.90 Å². The molecule has 1 fully saturated rings. The highest BCUT2D eigenvalue weighted by Gasteiger charge is 2.27. The average Bonchev–Trinajstić information content (AvgIpc) is 2.19. The van der Waals surface area contributed by atoms with Crippen LogP contribution in [0.25, 0.3) is 0 Å². The molecule has 0 aromatic rings. The van der Waals surface area contributed by atoms with Crippen LogP contribution in [0.2, 0.25) is 0 Å². The Morgan fingerprint density at radius 3 is 2.50 bits per heavy atom. The number of hydrogen-bond donors (Lipinski definition) is 0. The van der Waals surface area contributed by atoms with E-state index in [9.17, 15) is 0 Å². The van der Waals surface area contributed by atoms with Crippen molar-refractivity contribution in [2.24, 2.45) is 0 Å². The van der Waals surface area contributed by atoms with Gasteiger partial charge in [-0.05, 0) is 6.54 Å².